The first-order valence-electron chi connectivity index (χ1n) is 5.65. The van der Waals surface area contributed by atoms with Crippen molar-refractivity contribution in [2.45, 2.75) is 13.2 Å². The highest BCUT2D eigenvalue weighted by atomic mass is 35.5. The molecule has 5 heteroatoms. The van der Waals surface area contributed by atoms with Gasteiger partial charge in [-0.1, -0.05) is 17.7 Å². The van der Waals surface area contributed by atoms with E-state index in [-0.39, 0.29) is 24.0 Å². The minimum atomic E-state index is -0.501. The Morgan fingerprint density at radius 2 is 1.84 bits per heavy atom. The van der Waals surface area contributed by atoms with Crippen molar-refractivity contribution in [1.29, 1.82) is 0 Å². The number of ether oxygens (including phenoxy) is 1. The Morgan fingerprint density at radius 1 is 1.05 bits per heavy atom. The molecule has 0 atom stereocenters. The molecule has 2 nitrogen and oxygen atoms in total. The molecule has 0 fully saturated rings. The third kappa shape index (κ3) is 3.43. The number of benzene rings is 2. The summed E-state index contributed by atoms with van der Waals surface area (Å²) < 4.78 is 31.5. The van der Waals surface area contributed by atoms with Gasteiger partial charge in [-0.05, 0) is 35.4 Å². The number of hydrogen-bond donors (Lipinski definition) is 1. The average Bonchev–Trinajstić information content (AvgIpc) is 2.41. The minimum Gasteiger partial charge on any atom is -0.489 e. The number of halogens is 3. The van der Waals surface area contributed by atoms with E-state index in [1.807, 2.05) is 0 Å². The molecule has 2 rings (SSSR count). The summed E-state index contributed by atoms with van der Waals surface area (Å²) in [4.78, 5) is 0. The SMILES string of the molecule is NCc1cc(F)ccc1COc1ccc(F)c(Cl)c1. The fourth-order valence-electron chi connectivity index (χ4n) is 1.65. The summed E-state index contributed by atoms with van der Waals surface area (Å²) in [5.74, 6) is -0.397. The molecule has 100 valence electrons. The summed E-state index contributed by atoms with van der Waals surface area (Å²) in [6, 6.07) is 8.43. The monoisotopic (exact) mass is 283 g/mol. The van der Waals surface area contributed by atoms with Crippen molar-refractivity contribution < 1.29 is 13.5 Å². The Bertz CT molecular complexity index is 590. The Morgan fingerprint density at radius 3 is 2.53 bits per heavy atom. The topological polar surface area (TPSA) is 35.2 Å². The third-order valence-corrected chi connectivity index (χ3v) is 2.96. The van der Waals surface area contributed by atoms with E-state index in [1.54, 1.807) is 6.07 Å². The van der Waals surface area contributed by atoms with E-state index in [0.717, 1.165) is 5.56 Å². The molecule has 0 bridgehead atoms. The molecule has 0 aliphatic carbocycles. The molecule has 0 amide bonds. The molecule has 2 N–H and O–H groups in total. The molecular weight excluding hydrogens is 272 g/mol. The van der Waals surface area contributed by atoms with Gasteiger partial charge in [-0.2, -0.15) is 0 Å². The normalized spacial score (nSPS) is 10.5. The zero-order valence-corrected chi connectivity index (χ0v) is 10.8. The van der Waals surface area contributed by atoms with Crippen molar-refractivity contribution in [1.82, 2.24) is 0 Å². The van der Waals surface area contributed by atoms with Crippen LogP contribution in [0.2, 0.25) is 5.02 Å². The van der Waals surface area contributed by atoms with Crippen LogP contribution in [0.25, 0.3) is 0 Å². The van der Waals surface area contributed by atoms with Crippen molar-refractivity contribution in [2.75, 3.05) is 0 Å². The smallest absolute Gasteiger partial charge is 0.142 e. The Balaban J connectivity index is 2.12. The summed E-state index contributed by atoms with van der Waals surface area (Å²) in [7, 11) is 0. The molecule has 0 saturated heterocycles. The molecule has 0 aromatic heterocycles. The van der Waals surface area contributed by atoms with Crippen LogP contribution >= 0.6 is 11.6 Å². The van der Waals surface area contributed by atoms with E-state index < -0.39 is 5.82 Å². The van der Waals surface area contributed by atoms with E-state index in [1.165, 1.54) is 30.3 Å². The minimum absolute atomic E-state index is 0.00402. The van der Waals surface area contributed by atoms with Crippen LogP contribution in [0.1, 0.15) is 11.1 Å². The first kappa shape index (κ1) is 13.8. The molecule has 0 aliphatic heterocycles. The van der Waals surface area contributed by atoms with Crippen molar-refractivity contribution in [3.05, 3.63) is 64.2 Å². The van der Waals surface area contributed by atoms with Gasteiger partial charge in [0.05, 0.1) is 5.02 Å². The summed E-state index contributed by atoms with van der Waals surface area (Å²) >= 11 is 5.65. The van der Waals surface area contributed by atoms with Crippen molar-refractivity contribution in [3.63, 3.8) is 0 Å². The summed E-state index contributed by atoms with van der Waals surface area (Å²) in [5.41, 5.74) is 7.00. The molecule has 0 aliphatic rings. The second-order valence-corrected chi connectivity index (χ2v) is 4.39. The predicted molar refractivity (Wildman–Crippen MR) is 70.0 cm³/mol. The van der Waals surface area contributed by atoms with Gasteiger partial charge < -0.3 is 10.5 Å². The van der Waals surface area contributed by atoms with Gasteiger partial charge in [0, 0.05) is 12.6 Å². The average molecular weight is 284 g/mol. The Labute approximate surface area is 114 Å². The Hall–Kier alpha value is -1.65. The molecule has 2 aromatic carbocycles. The van der Waals surface area contributed by atoms with E-state index in [2.05, 4.69) is 0 Å². The molecule has 2 aromatic rings. The lowest BCUT2D eigenvalue weighted by atomic mass is 10.1. The fraction of sp³-hybridized carbons (Fsp3) is 0.143. The molecular formula is C14H12ClF2NO. The van der Waals surface area contributed by atoms with Gasteiger partial charge in [0.25, 0.3) is 0 Å². The molecule has 19 heavy (non-hydrogen) atoms. The van der Waals surface area contributed by atoms with Crippen LogP contribution in [0.3, 0.4) is 0 Å². The number of hydrogen-bond acceptors (Lipinski definition) is 2. The lowest BCUT2D eigenvalue weighted by molar-refractivity contribution is 0.304. The third-order valence-electron chi connectivity index (χ3n) is 2.67. The van der Waals surface area contributed by atoms with Gasteiger partial charge in [-0.15, -0.1) is 0 Å². The van der Waals surface area contributed by atoms with Crippen LogP contribution in [0, 0.1) is 11.6 Å². The van der Waals surface area contributed by atoms with Gasteiger partial charge in [-0.3, -0.25) is 0 Å². The van der Waals surface area contributed by atoms with Crippen molar-refractivity contribution in [3.8, 4) is 5.75 Å². The second kappa shape index (κ2) is 5.99. The maximum Gasteiger partial charge on any atom is 0.142 e. The highest BCUT2D eigenvalue weighted by Gasteiger charge is 2.05. The van der Waals surface area contributed by atoms with E-state index in [9.17, 15) is 8.78 Å². The largest absolute Gasteiger partial charge is 0.489 e. The molecule has 0 spiro atoms. The quantitative estimate of drug-likeness (QED) is 0.929. The van der Waals surface area contributed by atoms with E-state index >= 15 is 0 Å². The molecule has 0 heterocycles. The van der Waals surface area contributed by atoms with Crippen LogP contribution in [-0.2, 0) is 13.2 Å². The highest BCUT2D eigenvalue weighted by molar-refractivity contribution is 6.30. The van der Waals surface area contributed by atoms with Crippen LogP contribution in [0.4, 0.5) is 8.78 Å². The van der Waals surface area contributed by atoms with E-state index in [4.69, 9.17) is 22.1 Å². The van der Waals surface area contributed by atoms with Gasteiger partial charge in [0.2, 0.25) is 0 Å². The summed E-state index contributed by atoms with van der Waals surface area (Å²) in [5, 5.41) is -0.00402. The van der Waals surface area contributed by atoms with Gasteiger partial charge >= 0.3 is 0 Å². The summed E-state index contributed by atoms with van der Waals surface area (Å²) in [6.45, 7) is 0.440. The van der Waals surface area contributed by atoms with Crippen LogP contribution in [-0.4, -0.2) is 0 Å². The van der Waals surface area contributed by atoms with Gasteiger partial charge in [0.15, 0.2) is 0 Å². The molecule has 0 radical (unpaired) electrons. The van der Waals surface area contributed by atoms with Crippen LogP contribution in [0.15, 0.2) is 36.4 Å². The zero-order chi connectivity index (χ0) is 13.8. The second-order valence-electron chi connectivity index (χ2n) is 3.98. The van der Waals surface area contributed by atoms with Crippen molar-refractivity contribution >= 4 is 11.6 Å². The van der Waals surface area contributed by atoms with Gasteiger partial charge in [-0.25, -0.2) is 8.78 Å². The lowest BCUT2D eigenvalue weighted by Gasteiger charge is -2.10. The van der Waals surface area contributed by atoms with Crippen LogP contribution < -0.4 is 10.5 Å². The summed E-state index contributed by atoms with van der Waals surface area (Å²) in [6.07, 6.45) is 0. The van der Waals surface area contributed by atoms with Crippen LogP contribution in [0.5, 0.6) is 5.75 Å². The highest BCUT2D eigenvalue weighted by Crippen LogP contribution is 2.22. The first-order chi connectivity index (χ1) is 9.10. The zero-order valence-electron chi connectivity index (χ0n) is 10.00. The van der Waals surface area contributed by atoms with Crippen molar-refractivity contribution in [2.24, 2.45) is 5.73 Å². The predicted octanol–water partition coefficient (Wildman–Crippen LogP) is 3.66. The number of nitrogens with two attached hydrogens (primary N) is 1. The van der Waals surface area contributed by atoms with Gasteiger partial charge in [0.1, 0.15) is 24.0 Å². The maximum absolute atomic E-state index is 13.0. The van der Waals surface area contributed by atoms with E-state index in [0.29, 0.717) is 11.3 Å². The molecule has 0 saturated carbocycles. The number of rotatable bonds is 4. The first-order valence-corrected chi connectivity index (χ1v) is 6.03. The molecule has 0 unspecified atom stereocenters. The fourth-order valence-corrected chi connectivity index (χ4v) is 1.82. The lowest BCUT2D eigenvalue weighted by Crippen LogP contribution is -2.05. The standard InChI is InChI=1S/C14H12ClF2NO/c15-13-6-12(3-4-14(13)17)19-8-9-1-2-11(16)5-10(9)7-18/h1-6H,7-8,18H2. The Kier molecular flexibility index (Phi) is 4.35. The maximum atomic E-state index is 13.0.